The molecule has 30 heavy (non-hydrogen) atoms. The van der Waals surface area contributed by atoms with Gasteiger partial charge in [-0.25, -0.2) is 13.2 Å². The third-order valence-electron chi connectivity index (χ3n) is 4.68. The summed E-state index contributed by atoms with van der Waals surface area (Å²) < 4.78 is 35.6. The fourth-order valence-electron chi connectivity index (χ4n) is 2.95. The summed E-state index contributed by atoms with van der Waals surface area (Å²) >= 11 is 0. The summed E-state index contributed by atoms with van der Waals surface area (Å²) in [7, 11) is -3.67. The SMILES string of the molecule is CCc1ccc(C(=O)C(C)OC(=O)c2occc2CS(=O)(=O)c2ccccc2)cc1. The molecule has 0 amide bonds. The Morgan fingerprint density at radius 3 is 2.30 bits per heavy atom. The largest absolute Gasteiger partial charge is 0.457 e. The summed E-state index contributed by atoms with van der Waals surface area (Å²) in [5, 5.41) is 0. The number of Topliss-reactive ketones (excluding diaryl/α,β-unsaturated/α-hetero) is 1. The van der Waals surface area contributed by atoms with Crippen LogP contribution in [0.5, 0.6) is 0 Å². The van der Waals surface area contributed by atoms with E-state index >= 15 is 0 Å². The second-order valence-corrected chi connectivity index (χ2v) is 8.80. The number of esters is 1. The molecule has 0 aliphatic carbocycles. The molecule has 1 unspecified atom stereocenters. The van der Waals surface area contributed by atoms with Crippen LogP contribution in [0, 0.1) is 0 Å². The van der Waals surface area contributed by atoms with Crippen LogP contribution in [0.1, 0.15) is 45.9 Å². The zero-order chi connectivity index (χ0) is 21.7. The Labute approximate surface area is 175 Å². The average molecular weight is 426 g/mol. The van der Waals surface area contributed by atoms with Crippen LogP contribution < -0.4 is 0 Å². The number of carbonyl (C=O) groups is 2. The van der Waals surface area contributed by atoms with Crippen molar-refractivity contribution in [1.82, 2.24) is 0 Å². The molecule has 6 nitrogen and oxygen atoms in total. The second-order valence-electron chi connectivity index (χ2n) is 6.81. The molecular formula is C23H22O6S. The first-order valence-corrected chi connectivity index (χ1v) is 11.2. The first kappa shape index (κ1) is 21.5. The van der Waals surface area contributed by atoms with E-state index in [2.05, 4.69) is 0 Å². The van der Waals surface area contributed by atoms with Crippen LogP contribution in [0.2, 0.25) is 0 Å². The molecule has 1 aromatic heterocycles. The van der Waals surface area contributed by atoms with Gasteiger partial charge in [-0.3, -0.25) is 4.79 Å². The Morgan fingerprint density at radius 1 is 1.00 bits per heavy atom. The Bertz CT molecular complexity index is 1130. The fourth-order valence-corrected chi connectivity index (χ4v) is 4.33. The van der Waals surface area contributed by atoms with Crippen molar-refractivity contribution < 1.29 is 27.2 Å². The van der Waals surface area contributed by atoms with E-state index in [-0.39, 0.29) is 22.0 Å². The Morgan fingerprint density at radius 2 is 1.67 bits per heavy atom. The first-order valence-electron chi connectivity index (χ1n) is 9.50. The summed E-state index contributed by atoms with van der Waals surface area (Å²) in [5.41, 5.74) is 1.70. The third kappa shape index (κ3) is 4.86. The smallest absolute Gasteiger partial charge is 0.375 e. The van der Waals surface area contributed by atoms with E-state index in [1.807, 2.05) is 19.1 Å². The molecule has 0 fully saturated rings. The highest BCUT2D eigenvalue weighted by Gasteiger charge is 2.26. The highest BCUT2D eigenvalue weighted by molar-refractivity contribution is 7.90. The lowest BCUT2D eigenvalue weighted by atomic mass is 10.0. The summed E-state index contributed by atoms with van der Waals surface area (Å²) in [6.07, 6.45) is 1.03. The number of rotatable bonds is 8. The van der Waals surface area contributed by atoms with Gasteiger partial charge in [-0.05, 0) is 37.1 Å². The van der Waals surface area contributed by atoms with Crippen LogP contribution in [0.4, 0.5) is 0 Å². The van der Waals surface area contributed by atoms with Crippen molar-refractivity contribution in [3.63, 3.8) is 0 Å². The molecule has 156 valence electrons. The Balaban J connectivity index is 1.72. The van der Waals surface area contributed by atoms with E-state index in [4.69, 9.17) is 9.15 Å². The Kier molecular flexibility index (Phi) is 6.52. The maximum Gasteiger partial charge on any atom is 0.375 e. The average Bonchev–Trinajstić information content (AvgIpc) is 3.21. The summed E-state index contributed by atoms with van der Waals surface area (Å²) in [6, 6.07) is 16.4. The molecule has 0 radical (unpaired) electrons. The van der Waals surface area contributed by atoms with Gasteiger partial charge in [0, 0.05) is 11.1 Å². The third-order valence-corrected chi connectivity index (χ3v) is 6.36. The van der Waals surface area contributed by atoms with Crippen molar-refractivity contribution in [2.75, 3.05) is 0 Å². The minimum Gasteiger partial charge on any atom is -0.457 e. The number of carbonyl (C=O) groups excluding carboxylic acids is 2. The van der Waals surface area contributed by atoms with E-state index in [0.29, 0.717) is 5.56 Å². The highest BCUT2D eigenvalue weighted by atomic mass is 32.2. The van der Waals surface area contributed by atoms with Gasteiger partial charge in [-0.2, -0.15) is 0 Å². The predicted octanol–water partition coefficient (Wildman–Crippen LogP) is 4.24. The van der Waals surface area contributed by atoms with Gasteiger partial charge in [-0.15, -0.1) is 0 Å². The molecule has 0 N–H and O–H groups in total. The molecule has 2 aromatic carbocycles. The molecule has 0 saturated heterocycles. The predicted molar refractivity (Wildman–Crippen MR) is 111 cm³/mol. The van der Waals surface area contributed by atoms with Crippen molar-refractivity contribution in [1.29, 1.82) is 0 Å². The standard InChI is InChI=1S/C23H22O6S/c1-3-17-9-11-18(12-10-17)21(24)16(2)29-23(25)22-19(13-14-28-22)15-30(26,27)20-7-5-4-6-8-20/h4-14,16H,3,15H2,1-2H3. The topological polar surface area (TPSA) is 90.7 Å². The van der Waals surface area contributed by atoms with Gasteiger partial charge >= 0.3 is 5.97 Å². The van der Waals surface area contributed by atoms with E-state index in [0.717, 1.165) is 12.0 Å². The van der Waals surface area contributed by atoms with E-state index in [1.165, 1.54) is 31.4 Å². The van der Waals surface area contributed by atoms with Crippen LogP contribution in [0.15, 0.2) is 76.2 Å². The van der Waals surface area contributed by atoms with Crippen LogP contribution in [0.3, 0.4) is 0 Å². The molecule has 3 rings (SSSR count). The summed E-state index contributed by atoms with van der Waals surface area (Å²) in [4.78, 5) is 25.2. The molecule has 7 heteroatoms. The minimum atomic E-state index is -3.67. The van der Waals surface area contributed by atoms with E-state index in [1.54, 1.807) is 30.3 Å². The van der Waals surface area contributed by atoms with Gasteiger partial charge in [0.25, 0.3) is 0 Å². The molecular weight excluding hydrogens is 404 g/mol. The normalized spacial score (nSPS) is 12.3. The van der Waals surface area contributed by atoms with Crippen LogP contribution in [-0.2, 0) is 26.7 Å². The second kappa shape index (κ2) is 9.09. The van der Waals surface area contributed by atoms with Gasteiger partial charge in [0.15, 0.2) is 15.9 Å². The molecule has 1 atom stereocenters. The van der Waals surface area contributed by atoms with Crippen molar-refractivity contribution >= 4 is 21.6 Å². The quantitative estimate of drug-likeness (QED) is 0.395. The lowest BCUT2D eigenvalue weighted by Gasteiger charge is -2.12. The lowest BCUT2D eigenvalue weighted by molar-refractivity contribution is 0.0288. The van der Waals surface area contributed by atoms with Crippen LogP contribution in [0.25, 0.3) is 0 Å². The maximum absolute atomic E-state index is 12.6. The number of ketones is 1. The molecule has 3 aromatic rings. The monoisotopic (exact) mass is 426 g/mol. The summed E-state index contributed by atoms with van der Waals surface area (Å²) in [6.45, 7) is 3.48. The first-order chi connectivity index (χ1) is 14.3. The number of aryl methyl sites for hydroxylation is 1. The molecule has 0 aliphatic heterocycles. The molecule has 1 heterocycles. The number of sulfone groups is 1. The lowest BCUT2D eigenvalue weighted by Crippen LogP contribution is -2.25. The number of furan rings is 1. The van der Waals surface area contributed by atoms with Crippen molar-refractivity contribution in [3.05, 3.63) is 89.4 Å². The van der Waals surface area contributed by atoms with Crippen molar-refractivity contribution in [3.8, 4) is 0 Å². The number of hydrogen-bond donors (Lipinski definition) is 0. The van der Waals surface area contributed by atoms with Crippen molar-refractivity contribution in [2.45, 2.75) is 37.0 Å². The minimum absolute atomic E-state index is 0.143. The zero-order valence-corrected chi connectivity index (χ0v) is 17.5. The van der Waals surface area contributed by atoms with Crippen molar-refractivity contribution in [2.24, 2.45) is 0 Å². The molecule has 0 saturated carbocycles. The van der Waals surface area contributed by atoms with Gasteiger partial charge in [0.05, 0.1) is 16.9 Å². The fraction of sp³-hybridized carbons (Fsp3) is 0.217. The van der Waals surface area contributed by atoms with Gasteiger partial charge in [0.2, 0.25) is 11.5 Å². The Hall–Kier alpha value is -3.19. The van der Waals surface area contributed by atoms with Gasteiger partial charge < -0.3 is 9.15 Å². The molecule has 0 bridgehead atoms. The summed E-state index contributed by atoms with van der Waals surface area (Å²) in [5.74, 6) is -1.88. The molecule has 0 aliphatic rings. The molecule has 0 spiro atoms. The van der Waals surface area contributed by atoms with E-state index in [9.17, 15) is 18.0 Å². The van der Waals surface area contributed by atoms with Crippen LogP contribution >= 0.6 is 0 Å². The number of benzene rings is 2. The van der Waals surface area contributed by atoms with Gasteiger partial charge in [0.1, 0.15) is 0 Å². The van der Waals surface area contributed by atoms with Crippen LogP contribution in [-0.4, -0.2) is 26.3 Å². The number of hydrogen-bond acceptors (Lipinski definition) is 6. The van der Waals surface area contributed by atoms with Gasteiger partial charge in [-0.1, -0.05) is 49.4 Å². The maximum atomic E-state index is 12.6. The zero-order valence-electron chi connectivity index (χ0n) is 16.7. The number of ether oxygens (including phenoxy) is 1. The highest BCUT2D eigenvalue weighted by Crippen LogP contribution is 2.21. The van der Waals surface area contributed by atoms with E-state index < -0.39 is 27.7 Å².